The van der Waals surface area contributed by atoms with Crippen molar-refractivity contribution in [2.45, 2.75) is 34.6 Å². The van der Waals surface area contributed by atoms with Gasteiger partial charge in [0.1, 0.15) is 6.61 Å². The average Bonchev–Trinajstić information content (AvgIpc) is 2.51. The first-order chi connectivity index (χ1) is 10.8. The molecular formula is C18H30N2O3. The van der Waals surface area contributed by atoms with Crippen molar-refractivity contribution in [3.05, 3.63) is 18.2 Å². The number of likely N-dealkylation sites (N-methyl/N-ethyl adjacent to an activating group) is 1. The van der Waals surface area contributed by atoms with Gasteiger partial charge in [0.2, 0.25) is 5.91 Å². The predicted molar refractivity (Wildman–Crippen MR) is 94.4 cm³/mol. The second-order valence-corrected chi connectivity index (χ2v) is 6.45. The van der Waals surface area contributed by atoms with Crippen LogP contribution in [-0.2, 0) is 4.79 Å². The normalized spacial score (nSPS) is 11.4. The molecule has 5 nitrogen and oxygen atoms in total. The van der Waals surface area contributed by atoms with Gasteiger partial charge < -0.3 is 19.7 Å². The van der Waals surface area contributed by atoms with Crippen molar-refractivity contribution < 1.29 is 14.3 Å². The van der Waals surface area contributed by atoms with E-state index in [0.29, 0.717) is 23.8 Å². The predicted octanol–water partition coefficient (Wildman–Crippen LogP) is 3.40. The highest BCUT2D eigenvalue weighted by Gasteiger charge is 2.21. The van der Waals surface area contributed by atoms with E-state index in [-0.39, 0.29) is 5.91 Å². The summed E-state index contributed by atoms with van der Waals surface area (Å²) in [7, 11) is 1.61. The molecule has 0 fully saturated rings. The van der Waals surface area contributed by atoms with Gasteiger partial charge in [0, 0.05) is 23.7 Å². The summed E-state index contributed by atoms with van der Waals surface area (Å²) in [5, 5.41) is 2.91. The van der Waals surface area contributed by atoms with Crippen LogP contribution in [0.15, 0.2) is 18.2 Å². The van der Waals surface area contributed by atoms with Crippen molar-refractivity contribution in [2.24, 2.45) is 5.41 Å². The molecule has 1 rings (SSSR count). The summed E-state index contributed by atoms with van der Waals surface area (Å²) in [5.74, 6) is 1.28. The first kappa shape index (κ1) is 19.3. The molecule has 0 spiro atoms. The molecule has 0 atom stereocenters. The van der Waals surface area contributed by atoms with E-state index in [2.05, 4.69) is 24.1 Å². The Morgan fingerprint density at radius 3 is 2.35 bits per heavy atom. The fraction of sp³-hybridized carbons (Fsp3) is 0.611. The highest BCUT2D eigenvalue weighted by Crippen LogP contribution is 2.31. The summed E-state index contributed by atoms with van der Waals surface area (Å²) in [6.07, 6.45) is 0. The minimum atomic E-state index is -0.441. The molecular weight excluding hydrogens is 292 g/mol. The summed E-state index contributed by atoms with van der Waals surface area (Å²) < 4.78 is 11.2. The highest BCUT2D eigenvalue weighted by molar-refractivity contribution is 5.94. The molecule has 23 heavy (non-hydrogen) atoms. The number of amides is 1. The Bertz CT molecular complexity index is 505. The number of benzene rings is 1. The number of carbonyl (C=O) groups is 1. The Morgan fingerprint density at radius 2 is 1.83 bits per heavy atom. The van der Waals surface area contributed by atoms with Crippen molar-refractivity contribution in [1.82, 2.24) is 4.90 Å². The van der Waals surface area contributed by atoms with Gasteiger partial charge in [-0.1, -0.05) is 34.6 Å². The molecule has 1 amide bonds. The zero-order chi connectivity index (χ0) is 17.5. The smallest absolute Gasteiger partial charge is 0.229 e. The molecule has 1 aromatic carbocycles. The fourth-order valence-corrected chi connectivity index (χ4v) is 2.01. The van der Waals surface area contributed by atoms with Crippen LogP contribution >= 0.6 is 0 Å². The molecule has 0 aliphatic heterocycles. The summed E-state index contributed by atoms with van der Waals surface area (Å²) in [5.41, 5.74) is 0.271. The van der Waals surface area contributed by atoms with E-state index in [0.717, 1.165) is 19.6 Å². The van der Waals surface area contributed by atoms with Crippen LogP contribution in [0.4, 0.5) is 5.69 Å². The standard InChI is InChI=1S/C18H30N2O3/c1-7-20(8-2)11-12-23-16-13-14(9-10-15(16)22-6)19-17(21)18(3,4)5/h9-10,13H,7-8,11-12H2,1-6H3,(H,19,21). The number of hydrogen-bond donors (Lipinski definition) is 1. The van der Waals surface area contributed by atoms with Crippen LogP contribution in [0.3, 0.4) is 0 Å². The summed E-state index contributed by atoms with van der Waals surface area (Å²) in [4.78, 5) is 14.4. The number of carbonyl (C=O) groups excluding carboxylic acids is 1. The molecule has 0 radical (unpaired) electrons. The van der Waals surface area contributed by atoms with E-state index in [4.69, 9.17) is 9.47 Å². The second kappa shape index (κ2) is 8.77. The number of nitrogens with zero attached hydrogens (tertiary/aromatic N) is 1. The number of anilines is 1. The Labute approximate surface area is 140 Å². The highest BCUT2D eigenvalue weighted by atomic mass is 16.5. The van der Waals surface area contributed by atoms with Gasteiger partial charge in [-0.25, -0.2) is 0 Å². The topological polar surface area (TPSA) is 50.8 Å². The number of methoxy groups -OCH3 is 1. The van der Waals surface area contributed by atoms with Crippen LogP contribution in [0.25, 0.3) is 0 Å². The van der Waals surface area contributed by atoms with Gasteiger partial charge in [-0.3, -0.25) is 4.79 Å². The van der Waals surface area contributed by atoms with Gasteiger partial charge in [-0.15, -0.1) is 0 Å². The molecule has 0 heterocycles. The molecule has 0 bridgehead atoms. The lowest BCUT2D eigenvalue weighted by molar-refractivity contribution is -0.123. The van der Waals surface area contributed by atoms with Gasteiger partial charge in [0.05, 0.1) is 7.11 Å². The maximum atomic E-state index is 12.1. The molecule has 0 aliphatic rings. The van der Waals surface area contributed by atoms with Gasteiger partial charge in [-0.2, -0.15) is 0 Å². The van der Waals surface area contributed by atoms with Crippen LogP contribution in [0.2, 0.25) is 0 Å². The lowest BCUT2D eigenvalue weighted by atomic mass is 9.95. The van der Waals surface area contributed by atoms with Crippen LogP contribution in [-0.4, -0.2) is 44.2 Å². The van der Waals surface area contributed by atoms with Crippen LogP contribution in [0, 0.1) is 5.41 Å². The Kier molecular flexibility index (Phi) is 7.36. The third-order valence-electron chi connectivity index (χ3n) is 3.66. The summed E-state index contributed by atoms with van der Waals surface area (Å²) >= 11 is 0. The maximum Gasteiger partial charge on any atom is 0.229 e. The zero-order valence-corrected chi connectivity index (χ0v) is 15.2. The zero-order valence-electron chi connectivity index (χ0n) is 15.2. The third-order valence-corrected chi connectivity index (χ3v) is 3.66. The van der Waals surface area contributed by atoms with E-state index >= 15 is 0 Å². The van der Waals surface area contributed by atoms with Crippen LogP contribution in [0.5, 0.6) is 11.5 Å². The van der Waals surface area contributed by atoms with Crippen LogP contribution in [0.1, 0.15) is 34.6 Å². The molecule has 0 aliphatic carbocycles. The molecule has 0 aromatic heterocycles. The molecule has 0 saturated heterocycles. The van der Waals surface area contributed by atoms with Crippen molar-refractivity contribution >= 4 is 11.6 Å². The molecule has 1 aromatic rings. The number of hydrogen-bond acceptors (Lipinski definition) is 4. The lowest BCUT2D eigenvalue weighted by Gasteiger charge is -2.20. The lowest BCUT2D eigenvalue weighted by Crippen LogP contribution is -2.28. The largest absolute Gasteiger partial charge is 0.493 e. The summed E-state index contributed by atoms with van der Waals surface area (Å²) in [6, 6.07) is 5.44. The van der Waals surface area contributed by atoms with E-state index in [9.17, 15) is 4.79 Å². The second-order valence-electron chi connectivity index (χ2n) is 6.45. The number of ether oxygens (including phenoxy) is 2. The average molecular weight is 322 g/mol. The van der Waals surface area contributed by atoms with Crippen molar-refractivity contribution in [2.75, 3.05) is 38.7 Å². The van der Waals surface area contributed by atoms with Crippen LogP contribution < -0.4 is 14.8 Å². The number of nitrogens with one attached hydrogen (secondary N) is 1. The molecule has 0 saturated carbocycles. The summed E-state index contributed by atoms with van der Waals surface area (Å²) in [6.45, 7) is 13.3. The first-order valence-electron chi connectivity index (χ1n) is 8.16. The molecule has 0 unspecified atom stereocenters. The van der Waals surface area contributed by atoms with Gasteiger partial charge in [0.15, 0.2) is 11.5 Å². The maximum absolute atomic E-state index is 12.1. The quantitative estimate of drug-likeness (QED) is 0.797. The first-order valence-corrected chi connectivity index (χ1v) is 8.16. The molecule has 5 heteroatoms. The van der Waals surface area contributed by atoms with Crippen molar-refractivity contribution in [3.8, 4) is 11.5 Å². The van der Waals surface area contributed by atoms with Gasteiger partial charge in [0.25, 0.3) is 0 Å². The van der Waals surface area contributed by atoms with E-state index in [1.54, 1.807) is 7.11 Å². The Balaban J connectivity index is 2.77. The monoisotopic (exact) mass is 322 g/mol. The minimum absolute atomic E-state index is 0.0308. The Hall–Kier alpha value is -1.75. The number of rotatable bonds is 8. The molecule has 130 valence electrons. The van der Waals surface area contributed by atoms with E-state index < -0.39 is 5.41 Å². The van der Waals surface area contributed by atoms with Gasteiger partial charge in [-0.05, 0) is 25.2 Å². The van der Waals surface area contributed by atoms with Gasteiger partial charge >= 0.3 is 0 Å². The fourth-order valence-electron chi connectivity index (χ4n) is 2.01. The Morgan fingerprint density at radius 1 is 1.17 bits per heavy atom. The third kappa shape index (κ3) is 6.10. The SMILES string of the molecule is CCN(CC)CCOc1cc(NC(=O)C(C)(C)C)ccc1OC. The van der Waals surface area contributed by atoms with E-state index in [1.165, 1.54) is 0 Å². The minimum Gasteiger partial charge on any atom is -0.493 e. The molecule has 1 N–H and O–H groups in total. The van der Waals surface area contributed by atoms with E-state index in [1.807, 2.05) is 39.0 Å². The van der Waals surface area contributed by atoms with Crippen molar-refractivity contribution in [1.29, 1.82) is 0 Å². The van der Waals surface area contributed by atoms with Crippen molar-refractivity contribution in [3.63, 3.8) is 0 Å².